The van der Waals surface area contributed by atoms with Crippen molar-refractivity contribution in [2.75, 3.05) is 14.1 Å². The molecule has 3 N–H and O–H groups in total. The summed E-state index contributed by atoms with van der Waals surface area (Å²) in [6.45, 7) is 0. The molecule has 2 aromatic rings. The molecule has 1 atom stereocenters. The number of rotatable bonds is 1. The van der Waals surface area contributed by atoms with Crippen LogP contribution in [0.1, 0.15) is 17.7 Å². The Labute approximate surface area is 123 Å². The summed E-state index contributed by atoms with van der Waals surface area (Å²) in [4.78, 5) is 14.3. The fourth-order valence-corrected chi connectivity index (χ4v) is 2.79. The van der Waals surface area contributed by atoms with Gasteiger partial charge in [-0.25, -0.2) is 0 Å². The molecular weight excluding hydrogens is 276 g/mol. The maximum absolute atomic E-state index is 11.0. The predicted molar refractivity (Wildman–Crippen MR) is 81.4 cm³/mol. The van der Waals surface area contributed by atoms with Crippen LogP contribution < -0.4 is 5.32 Å². The Morgan fingerprint density at radius 2 is 2.15 bits per heavy atom. The van der Waals surface area contributed by atoms with Crippen LogP contribution in [0.2, 0.25) is 5.02 Å². The van der Waals surface area contributed by atoms with Gasteiger partial charge in [0, 0.05) is 28.0 Å². The van der Waals surface area contributed by atoms with Crippen LogP contribution in [0.4, 0.5) is 0 Å². The van der Waals surface area contributed by atoms with Crippen molar-refractivity contribution >= 4 is 28.5 Å². The summed E-state index contributed by atoms with van der Waals surface area (Å²) < 4.78 is 0. The minimum Gasteiger partial charge on any atom is -0.481 e. The van der Waals surface area contributed by atoms with E-state index in [1.165, 1.54) is 5.56 Å². The van der Waals surface area contributed by atoms with E-state index >= 15 is 0 Å². The summed E-state index contributed by atoms with van der Waals surface area (Å²) in [5, 5.41) is 13.7. The first-order chi connectivity index (χ1) is 9.56. The highest BCUT2D eigenvalue weighted by molar-refractivity contribution is 6.31. The number of fused-ring (bicyclic) bond motifs is 3. The molecule has 20 heavy (non-hydrogen) atoms. The minimum absolute atomic E-state index is 0.258. The number of benzene rings is 1. The van der Waals surface area contributed by atoms with Gasteiger partial charge in [-0.2, -0.15) is 0 Å². The van der Waals surface area contributed by atoms with E-state index in [9.17, 15) is 4.79 Å². The van der Waals surface area contributed by atoms with Crippen LogP contribution >= 0.6 is 11.6 Å². The summed E-state index contributed by atoms with van der Waals surface area (Å²) in [6.07, 6.45) is 2.12. The summed E-state index contributed by atoms with van der Waals surface area (Å²) >= 11 is 5.99. The van der Waals surface area contributed by atoms with E-state index in [2.05, 4.69) is 10.3 Å². The lowest BCUT2D eigenvalue weighted by Gasteiger charge is -2.18. The Kier molecular flexibility index (Phi) is 4.68. The summed E-state index contributed by atoms with van der Waals surface area (Å²) in [5.74, 6) is -0.960. The maximum atomic E-state index is 11.0. The maximum Gasteiger partial charge on any atom is 0.306 e. The van der Waals surface area contributed by atoms with Crippen LogP contribution in [0.15, 0.2) is 18.2 Å². The van der Waals surface area contributed by atoms with Gasteiger partial charge in [0.25, 0.3) is 0 Å². The van der Waals surface area contributed by atoms with Crippen LogP contribution in [0, 0.1) is 5.92 Å². The fraction of sp³-hybridized carbons (Fsp3) is 0.400. The lowest BCUT2D eigenvalue weighted by atomic mass is 9.87. The lowest BCUT2D eigenvalue weighted by Crippen LogP contribution is -2.21. The number of nitrogens with one attached hydrogen (secondary N) is 2. The van der Waals surface area contributed by atoms with Crippen molar-refractivity contribution in [1.82, 2.24) is 10.3 Å². The molecule has 4 nitrogen and oxygen atoms in total. The predicted octanol–water partition coefficient (Wildman–Crippen LogP) is 2.85. The monoisotopic (exact) mass is 294 g/mol. The van der Waals surface area contributed by atoms with Crippen molar-refractivity contribution in [2.45, 2.75) is 19.3 Å². The SMILES string of the molecule is CNC.O=C(O)C1CCc2c([nH]c3ccc(Cl)cc23)C1. The molecular formula is C15H19ClN2O2. The molecule has 0 amide bonds. The van der Waals surface area contributed by atoms with Gasteiger partial charge in [-0.1, -0.05) is 11.6 Å². The molecule has 1 aromatic heterocycles. The molecule has 1 heterocycles. The number of hydrogen-bond acceptors (Lipinski definition) is 2. The number of halogens is 1. The third-order valence-corrected chi connectivity index (χ3v) is 3.73. The van der Waals surface area contributed by atoms with E-state index < -0.39 is 5.97 Å². The van der Waals surface area contributed by atoms with Crippen molar-refractivity contribution in [2.24, 2.45) is 5.92 Å². The zero-order valence-electron chi connectivity index (χ0n) is 11.7. The molecule has 1 unspecified atom stereocenters. The molecule has 1 aliphatic rings. The van der Waals surface area contributed by atoms with Crippen LogP contribution in [-0.2, 0) is 17.6 Å². The van der Waals surface area contributed by atoms with Crippen molar-refractivity contribution in [3.05, 3.63) is 34.5 Å². The average molecular weight is 295 g/mol. The average Bonchev–Trinajstić information content (AvgIpc) is 2.76. The van der Waals surface area contributed by atoms with Gasteiger partial charge in [0.15, 0.2) is 0 Å². The minimum atomic E-state index is -0.702. The molecule has 108 valence electrons. The molecule has 0 aliphatic heterocycles. The quantitative estimate of drug-likeness (QED) is 0.758. The number of aliphatic carboxylic acids is 1. The van der Waals surface area contributed by atoms with E-state index in [0.717, 1.165) is 28.0 Å². The summed E-state index contributed by atoms with van der Waals surface area (Å²) in [6, 6.07) is 5.75. The Balaban J connectivity index is 0.000000452. The first kappa shape index (κ1) is 14.9. The van der Waals surface area contributed by atoms with E-state index in [-0.39, 0.29) is 5.92 Å². The Morgan fingerprint density at radius 1 is 1.45 bits per heavy atom. The number of carbonyl (C=O) groups is 1. The number of aryl methyl sites for hydroxylation is 1. The zero-order valence-corrected chi connectivity index (χ0v) is 12.4. The molecule has 0 bridgehead atoms. The van der Waals surface area contributed by atoms with Gasteiger partial charge < -0.3 is 15.4 Å². The normalized spacial score (nSPS) is 17.2. The molecule has 5 heteroatoms. The number of aromatic amines is 1. The molecule has 0 radical (unpaired) electrons. The van der Waals surface area contributed by atoms with Gasteiger partial charge in [0.1, 0.15) is 0 Å². The number of carboxylic acid groups (broad SMARTS) is 1. The molecule has 0 fully saturated rings. The van der Waals surface area contributed by atoms with Crippen LogP contribution in [0.3, 0.4) is 0 Å². The van der Waals surface area contributed by atoms with Gasteiger partial charge >= 0.3 is 5.97 Å². The number of hydrogen-bond donors (Lipinski definition) is 3. The number of carboxylic acids is 1. The Morgan fingerprint density at radius 3 is 2.80 bits per heavy atom. The second-order valence-corrected chi connectivity index (χ2v) is 5.49. The molecule has 0 spiro atoms. The van der Waals surface area contributed by atoms with E-state index in [1.54, 1.807) is 0 Å². The van der Waals surface area contributed by atoms with Gasteiger partial charge in [0.2, 0.25) is 0 Å². The third-order valence-electron chi connectivity index (χ3n) is 3.50. The van der Waals surface area contributed by atoms with Gasteiger partial charge in [-0.3, -0.25) is 4.79 Å². The summed E-state index contributed by atoms with van der Waals surface area (Å²) in [7, 11) is 3.75. The highest BCUT2D eigenvalue weighted by atomic mass is 35.5. The number of H-pyrrole nitrogens is 1. The topological polar surface area (TPSA) is 65.1 Å². The van der Waals surface area contributed by atoms with Gasteiger partial charge in [0.05, 0.1) is 5.92 Å². The van der Waals surface area contributed by atoms with Crippen LogP contribution in [0.25, 0.3) is 10.9 Å². The van der Waals surface area contributed by atoms with Crippen molar-refractivity contribution < 1.29 is 9.90 Å². The highest BCUT2D eigenvalue weighted by Crippen LogP contribution is 2.32. The molecule has 0 saturated heterocycles. The summed E-state index contributed by atoms with van der Waals surface area (Å²) in [5.41, 5.74) is 3.34. The van der Waals surface area contributed by atoms with Crippen molar-refractivity contribution in [3.8, 4) is 0 Å². The Hall–Kier alpha value is -1.52. The smallest absolute Gasteiger partial charge is 0.306 e. The lowest BCUT2D eigenvalue weighted by molar-refractivity contribution is -0.142. The van der Waals surface area contributed by atoms with Crippen molar-refractivity contribution in [1.29, 1.82) is 0 Å². The number of aromatic nitrogens is 1. The van der Waals surface area contributed by atoms with Crippen molar-refractivity contribution in [3.63, 3.8) is 0 Å². The second kappa shape index (κ2) is 6.29. The Bertz CT molecular complexity index is 622. The van der Waals surface area contributed by atoms with Gasteiger partial charge in [-0.05, 0) is 50.7 Å². The highest BCUT2D eigenvalue weighted by Gasteiger charge is 2.26. The van der Waals surface area contributed by atoms with Crippen LogP contribution in [-0.4, -0.2) is 30.2 Å². The zero-order chi connectivity index (χ0) is 14.7. The molecule has 3 rings (SSSR count). The molecule has 0 saturated carbocycles. The van der Waals surface area contributed by atoms with Gasteiger partial charge in [-0.15, -0.1) is 0 Å². The van der Waals surface area contributed by atoms with E-state index in [4.69, 9.17) is 16.7 Å². The molecule has 1 aromatic carbocycles. The fourth-order valence-electron chi connectivity index (χ4n) is 2.61. The standard InChI is InChI=1S/C13H12ClNO2.C2H7N/c14-8-2-4-11-10(6-8)9-3-1-7(13(16)17)5-12(9)15-11;1-3-2/h2,4,6-7,15H,1,3,5H2,(H,16,17);3H,1-2H3. The first-order valence-corrected chi connectivity index (χ1v) is 7.04. The largest absolute Gasteiger partial charge is 0.481 e. The van der Waals surface area contributed by atoms with Crippen LogP contribution in [0.5, 0.6) is 0 Å². The third kappa shape index (κ3) is 2.97. The first-order valence-electron chi connectivity index (χ1n) is 6.67. The molecule has 1 aliphatic carbocycles. The van der Waals surface area contributed by atoms with E-state index in [0.29, 0.717) is 12.8 Å². The van der Waals surface area contributed by atoms with E-state index in [1.807, 2.05) is 32.3 Å². The second-order valence-electron chi connectivity index (χ2n) is 5.05.